The second-order valence-corrected chi connectivity index (χ2v) is 4.05. The SMILES string of the molecule is CC1=C(C=NO)C(C)C(C)(C=NO)C=C1. The molecule has 2 atom stereocenters. The van der Waals surface area contributed by atoms with Gasteiger partial charge in [-0.25, -0.2) is 0 Å². The first kappa shape index (κ1) is 11.5. The maximum absolute atomic E-state index is 8.62. The highest BCUT2D eigenvalue weighted by Crippen LogP contribution is 2.37. The van der Waals surface area contributed by atoms with Crippen LogP contribution in [-0.4, -0.2) is 22.8 Å². The molecular weight excluding hydrogens is 192 g/mol. The van der Waals surface area contributed by atoms with E-state index in [9.17, 15) is 0 Å². The summed E-state index contributed by atoms with van der Waals surface area (Å²) in [7, 11) is 0. The third-order valence-corrected chi connectivity index (χ3v) is 3.08. The number of oxime groups is 2. The van der Waals surface area contributed by atoms with Gasteiger partial charge < -0.3 is 10.4 Å². The van der Waals surface area contributed by atoms with Gasteiger partial charge in [0.15, 0.2) is 0 Å². The summed E-state index contributed by atoms with van der Waals surface area (Å²) in [6.07, 6.45) is 6.86. The van der Waals surface area contributed by atoms with Crippen LogP contribution in [-0.2, 0) is 0 Å². The van der Waals surface area contributed by atoms with E-state index < -0.39 is 0 Å². The number of hydrogen-bond donors (Lipinski definition) is 2. The van der Waals surface area contributed by atoms with E-state index in [-0.39, 0.29) is 11.3 Å². The molecular formula is C11H16N2O2. The van der Waals surface area contributed by atoms with Crippen LogP contribution in [0.15, 0.2) is 33.6 Å². The zero-order valence-electron chi connectivity index (χ0n) is 9.18. The lowest BCUT2D eigenvalue weighted by Gasteiger charge is -2.33. The quantitative estimate of drug-likeness (QED) is 0.416. The Hall–Kier alpha value is -1.58. The van der Waals surface area contributed by atoms with Crippen LogP contribution in [0.2, 0.25) is 0 Å². The van der Waals surface area contributed by atoms with Crippen LogP contribution in [0.4, 0.5) is 0 Å². The number of rotatable bonds is 2. The summed E-state index contributed by atoms with van der Waals surface area (Å²) >= 11 is 0. The van der Waals surface area contributed by atoms with Gasteiger partial charge in [0.2, 0.25) is 0 Å². The molecule has 0 aromatic rings. The van der Waals surface area contributed by atoms with Crippen LogP contribution in [0.3, 0.4) is 0 Å². The molecule has 15 heavy (non-hydrogen) atoms. The Morgan fingerprint density at radius 3 is 2.60 bits per heavy atom. The lowest BCUT2D eigenvalue weighted by atomic mass is 9.71. The van der Waals surface area contributed by atoms with E-state index in [1.807, 2.05) is 32.9 Å². The first-order chi connectivity index (χ1) is 7.05. The van der Waals surface area contributed by atoms with Crippen molar-refractivity contribution in [1.29, 1.82) is 0 Å². The standard InChI is InChI=1S/C11H16N2O2/c1-8-4-5-11(3,7-13-15)9(2)10(8)6-12-14/h4-7,9,14-15H,1-3H3. The summed E-state index contributed by atoms with van der Waals surface area (Å²) in [5, 5.41) is 23.4. The Morgan fingerprint density at radius 1 is 1.40 bits per heavy atom. The highest BCUT2D eigenvalue weighted by Gasteiger charge is 2.32. The van der Waals surface area contributed by atoms with Gasteiger partial charge in [0, 0.05) is 5.41 Å². The Bertz CT molecular complexity index is 356. The van der Waals surface area contributed by atoms with Crippen LogP contribution in [0.5, 0.6) is 0 Å². The van der Waals surface area contributed by atoms with E-state index in [0.717, 1.165) is 11.1 Å². The molecule has 0 amide bonds. The zero-order valence-corrected chi connectivity index (χ0v) is 9.18. The molecule has 2 unspecified atom stereocenters. The van der Waals surface area contributed by atoms with Crippen molar-refractivity contribution in [2.75, 3.05) is 0 Å². The minimum Gasteiger partial charge on any atom is -0.411 e. The molecule has 0 aromatic heterocycles. The number of allylic oxidation sites excluding steroid dienone is 4. The minimum atomic E-state index is -0.342. The zero-order chi connectivity index (χ0) is 11.5. The number of hydrogen-bond acceptors (Lipinski definition) is 4. The molecule has 1 rings (SSSR count). The molecule has 82 valence electrons. The van der Waals surface area contributed by atoms with Gasteiger partial charge in [-0.2, -0.15) is 0 Å². The molecule has 2 N–H and O–H groups in total. The molecule has 0 aromatic carbocycles. The average Bonchev–Trinajstić information content (AvgIpc) is 2.20. The molecule has 4 heteroatoms. The number of nitrogens with zero attached hydrogens (tertiary/aromatic N) is 2. The molecule has 0 heterocycles. The predicted octanol–water partition coefficient (Wildman–Crippen LogP) is 2.44. The predicted molar refractivity (Wildman–Crippen MR) is 59.7 cm³/mol. The minimum absolute atomic E-state index is 0.106. The van der Waals surface area contributed by atoms with E-state index in [1.165, 1.54) is 12.4 Å². The monoisotopic (exact) mass is 208 g/mol. The first-order valence-electron chi connectivity index (χ1n) is 4.81. The Morgan fingerprint density at radius 2 is 2.07 bits per heavy atom. The van der Waals surface area contributed by atoms with Crippen LogP contribution < -0.4 is 0 Å². The van der Waals surface area contributed by atoms with Crippen molar-refractivity contribution in [1.82, 2.24) is 0 Å². The van der Waals surface area contributed by atoms with Gasteiger partial charge in [-0.1, -0.05) is 31.2 Å². The van der Waals surface area contributed by atoms with E-state index >= 15 is 0 Å². The van der Waals surface area contributed by atoms with Crippen LogP contribution in [0.25, 0.3) is 0 Å². The summed E-state index contributed by atoms with van der Waals surface area (Å²) < 4.78 is 0. The van der Waals surface area contributed by atoms with Crippen LogP contribution in [0.1, 0.15) is 20.8 Å². The summed E-state index contributed by atoms with van der Waals surface area (Å²) in [5.74, 6) is 0.106. The Balaban J connectivity index is 3.13. The van der Waals surface area contributed by atoms with Crippen molar-refractivity contribution in [2.45, 2.75) is 20.8 Å². The maximum Gasteiger partial charge on any atom is 0.0699 e. The normalized spacial score (nSPS) is 32.1. The smallest absolute Gasteiger partial charge is 0.0699 e. The van der Waals surface area contributed by atoms with Crippen molar-refractivity contribution in [3.05, 3.63) is 23.3 Å². The molecule has 0 saturated heterocycles. The summed E-state index contributed by atoms with van der Waals surface area (Å²) in [6, 6.07) is 0. The van der Waals surface area contributed by atoms with Gasteiger partial charge in [-0.3, -0.25) is 0 Å². The maximum atomic E-state index is 8.62. The fourth-order valence-corrected chi connectivity index (χ4v) is 1.78. The molecule has 0 spiro atoms. The Kier molecular flexibility index (Phi) is 3.29. The highest BCUT2D eigenvalue weighted by molar-refractivity contribution is 5.84. The third-order valence-electron chi connectivity index (χ3n) is 3.08. The van der Waals surface area contributed by atoms with Crippen molar-refractivity contribution in [2.24, 2.45) is 21.6 Å². The molecule has 0 saturated carbocycles. The molecule has 1 aliphatic rings. The average molecular weight is 208 g/mol. The molecule has 0 bridgehead atoms. The van der Waals surface area contributed by atoms with E-state index in [0.29, 0.717) is 0 Å². The lowest BCUT2D eigenvalue weighted by Crippen LogP contribution is -2.29. The molecule has 0 fully saturated rings. The second kappa shape index (κ2) is 4.29. The van der Waals surface area contributed by atoms with E-state index in [1.54, 1.807) is 0 Å². The van der Waals surface area contributed by atoms with Gasteiger partial charge in [-0.15, -0.1) is 5.16 Å². The van der Waals surface area contributed by atoms with Crippen molar-refractivity contribution in [3.8, 4) is 0 Å². The topological polar surface area (TPSA) is 65.2 Å². The first-order valence-corrected chi connectivity index (χ1v) is 4.81. The molecule has 4 nitrogen and oxygen atoms in total. The Labute approximate surface area is 89.3 Å². The van der Waals surface area contributed by atoms with Gasteiger partial charge in [0.1, 0.15) is 0 Å². The second-order valence-electron chi connectivity index (χ2n) is 4.05. The van der Waals surface area contributed by atoms with E-state index in [4.69, 9.17) is 10.4 Å². The van der Waals surface area contributed by atoms with Gasteiger partial charge >= 0.3 is 0 Å². The summed E-state index contributed by atoms with van der Waals surface area (Å²) in [5.41, 5.74) is 1.66. The third kappa shape index (κ3) is 2.09. The highest BCUT2D eigenvalue weighted by atomic mass is 16.4. The fraction of sp³-hybridized carbons (Fsp3) is 0.455. The van der Waals surface area contributed by atoms with Gasteiger partial charge in [0.25, 0.3) is 0 Å². The molecule has 1 aliphatic carbocycles. The molecule has 0 radical (unpaired) electrons. The van der Waals surface area contributed by atoms with Crippen molar-refractivity contribution < 1.29 is 10.4 Å². The summed E-state index contributed by atoms with van der Waals surface area (Å²) in [4.78, 5) is 0. The van der Waals surface area contributed by atoms with Crippen LogP contribution in [0, 0.1) is 11.3 Å². The van der Waals surface area contributed by atoms with E-state index in [2.05, 4.69) is 10.3 Å². The fourth-order valence-electron chi connectivity index (χ4n) is 1.78. The van der Waals surface area contributed by atoms with Gasteiger partial charge in [0.05, 0.1) is 12.4 Å². The molecule has 0 aliphatic heterocycles. The van der Waals surface area contributed by atoms with Crippen LogP contribution >= 0.6 is 0 Å². The van der Waals surface area contributed by atoms with Crippen molar-refractivity contribution >= 4 is 12.4 Å². The largest absolute Gasteiger partial charge is 0.411 e. The lowest BCUT2D eigenvalue weighted by molar-refractivity contribution is 0.309. The summed E-state index contributed by atoms with van der Waals surface area (Å²) in [6.45, 7) is 5.93. The van der Waals surface area contributed by atoms with Crippen molar-refractivity contribution in [3.63, 3.8) is 0 Å². The van der Waals surface area contributed by atoms with Gasteiger partial charge in [-0.05, 0) is 24.0 Å².